The lowest BCUT2D eigenvalue weighted by Crippen LogP contribution is -2.57. The summed E-state index contributed by atoms with van der Waals surface area (Å²) in [4.78, 5) is 0. The van der Waals surface area contributed by atoms with Crippen LogP contribution in [0, 0.1) is 0 Å². The molecule has 0 spiro atoms. The second-order valence-corrected chi connectivity index (χ2v) is 6.07. The van der Waals surface area contributed by atoms with Crippen molar-refractivity contribution in [3.63, 3.8) is 0 Å². The van der Waals surface area contributed by atoms with Crippen LogP contribution in [0.3, 0.4) is 0 Å². The van der Waals surface area contributed by atoms with Gasteiger partial charge in [0.1, 0.15) is 0 Å². The maximum absolute atomic E-state index is 13.3. The molecule has 0 bridgehead atoms. The number of alkyl halides is 6. The van der Waals surface area contributed by atoms with E-state index in [4.69, 9.17) is 0 Å². The maximum atomic E-state index is 13.3. The summed E-state index contributed by atoms with van der Waals surface area (Å²) in [6.07, 6.45) is 1.53. The van der Waals surface area contributed by atoms with Gasteiger partial charge in [-0.05, 0) is 12.8 Å². The van der Waals surface area contributed by atoms with Crippen LogP contribution in [0.25, 0.3) is 0 Å². The minimum atomic E-state index is -6.24. The second-order valence-electron chi connectivity index (χ2n) is 4.50. The Hall–Kier alpha value is -0.550. The lowest BCUT2D eigenvalue weighted by molar-refractivity contribution is -0.275. The van der Waals surface area contributed by atoms with E-state index in [-0.39, 0.29) is 13.1 Å². The van der Waals surface area contributed by atoms with Crippen molar-refractivity contribution in [3.05, 3.63) is 0 Å². The number of hydrogen-bond donors (Lipinski definition) is 0. The van der Waals surface area contributed by atoms with E-state index in [9.17, 15) is 34.8 Å². The molecule has 0 aromatic rings. The van der Waals surface area contributed by atoms with Crippen molar-refractivity contribution in [2.24, 2.45) is 0 Å². The Balaban J connectivity index is 3.00. The SMILES string of the molecule is CC(F)(F)C(F)(F)C(F)(F)S(=O)(=O)ON1CCCCC1. The first-order valence-corrected chi connectivity index (χ1v) is 7.06. The Labute approximate surface area is 111 Å². The van der Waals surface area contributed by atoms with Crippen molar-refractivity contribution in [2.75, 3.05) is 13.1 Å². The molecule has 1 aliphatic heterocycles. The molecule has 0 N–H and O–H groups in total. The van der Waals surface area contributed by atoms with Crippen LogP contribution in [0.1, 0.15) is 26.2 Å². The van der Waals surface area contributed by atoms with E-state index >= 15 is 0 Å². The topological polar surface area (TPSA) is 46.6 Å². The van der Waals surface area contributed by atoms with Crippen molar-refractivity contribution in [3.8, 4) is 0 Å². The molecule has 0 radical (unpaired) electrons. The molecule has 1 rings (SSSR count). The highest BCUT2D eigenvalue weighted by Gasteiger charge is 2.76. The number of piperidine rings is 1. The predicted octanol–water partition coefficient (Wildman–Crippen LogP) is 2.62. The van der Waals surface area contributed by atoms with Gasteiger partial charge in [0.05, 0.1) is 0 Å². The number of nitrogens with zero attached hydrogens (tertiary/aromatic N) is 1. The summed E-state index contributed by atoms with van der Waals surface area (Å²) in [6, 6.07) is 0. The van der Waals surface area contributed by atoms with Gasteiger partial charge in [0, 0.05) is 20.0 Å². The molecule has 120 valence electrons. The molecular weight excluding hydrogens is 316 g/mol. The van der Waals surface area contributed by atoms with E-state index in [1.165, 1.54) is 0 Å². The van der Waals surface area contributed by atoms with Crippen LogP contribution in [0.4, 0.5) is 26.3 Å². The molecule has 1 aliphatic rings. The third-order valence-electron chi connectivity index (χ3n) is 2.75. The van der Waals surface area contributed by atoms with E-state index in [0.29, 0.717) is 24.3 Å². The fourth-order valence-corrected chi connectivity index (χ4v) is 2.55. The summed E-state index contributed by atoms with van der Waals surface area (Å²) < 4.78 is 104. The summed E-state index contributed by atoms with van der Waals surface area (Å²) >= 11 is 0. The van der Waals surface area contributed by atoms with Crippen LogP contribution in [0.15, 0.2) is 0 Å². The van der Waals surface area contributed by atoms with Gasteiger partial charge in [-0.25, -0.2) is 0 Å². The first kappa shape index (κ1) is 17.5. The van der Waals surface area contributed by atoms with Crippen LogP contribution >= 0.6 is 0 Å². The maximum Gasteiger partial charge on any atom is 0.439 e. The summed E-state index contributed by atoms with van der Waals surface area (Å²) in [5, 5.41) is -5.49. The number of halogens is 6. The molecule has 0 amide bonds. The zero-order valence-electron chi connectivity index (χ0n) is 10.4. The third kappa shape index (κ3) is 3.03. The lowest BCUT2D eigenvalue weighted by Gasteiger charge is -2.32. The average Bonchev–Trinajstić information content (AvgIpc) is 2.27. The molecule has 0 aromatic carbocycles. The van der Waals surface area contributed by atoms with Crippen LogP contribution in [0.5, 0.6) is 0 Å². The van der Waals surface area contributed by atoms with E-state index in [2.05, 4.69) is 4.28 Å². The minimum Gasteiger partial charge on any atom is -0.200 e. The van der Waals surface area contributed by atoms with Crippen molar-refractivity contribution < 1.29 is 39.0 Å². The van der Waals surface area contributed by atoms with Gasteiger partial charge in [0.15, 0.2) is 0 Å². The van der Waals surface area contributed by atoms with E-state index in [1.807, 2.05) is 0 Å². The van der Waals surface area contributed by atoms with Gasteiger partial charge in [-0.3, -0.25) is 0 Å². The Morgan fingerprint density at radius 1 is 0.950 bits per heavy atom. The summed E-state index contributed by atoms with van der Waals surface area (Å²) in [5.41, 5.74) is 0. The highest BCUT2D eigenvalue weighted by atomic mass is 32.2. The smallest absolute Gasteiger partial charge is 0.200 e. The zero-order chi connectivity index (χ0) is 15.8. The molecule has 11 heteroatoms. The van der Waals surface area contributed by atoms with Crippen LogP contribution in [-0.2, 0) is 14.4 Å². The molecule has 1 heterocycles. The zero-order valence-corrected chi connectivity index (χ0v) is 11.2. The largest absolute Gasteiger partial charge is 0.439 e. The minimum absolute atomic E-state index is 0.0661. The summed E-state index contributed by atoms with van der Waals surface area (Å²) in [7, 11) is -6.24. The summed E-state index contributed by atoms with van der Waals surface area (Å²) in [6.45, 7) is -0.621. The monoisotopic (exact) mass is 329 g/mol. The van der Waals surface area contributed by atoms with E-state index < -0.39 is 34.1 Å². The van der Waals surface area contributed by atoms with Crippen molar-refractivity contribution >= 4 is 10.1 Å². The Morgan fingerprint density at radius 2 is 1.40 bits per heavy atom. The normalized spacial score (nSPS) is 20.1. The van der Waals surface area contributed by atoms with Crippen molar-refractivity contribution in [1.82, 2.24) is 5.06 Å². The van der Waals surface area contributed by atoms with Crippen LogP contribution < -0.4 is 0 Å². The quantitative estimate of drug-likeness (QED) is 0.728. The Kier molecular flexibility index (Phi) is 4.67. The highest BCUT2D eigenvalue weighted by Crippen LogP contribution is 2.48. The molecule has 0 aromatic heterocycles. The fourth-order valence-electron chi connectivity index (χ4n) is 1.54. The highest BCUT2D eigenvalue weighted by molar-refractivity contribution is 7.87. The number of hydroxylamine groups is 2. The van der Waals surface area contributed by atoms with Gasteiger partial charge in [-0.15, -0.1) is 0 Å². The standard InChI is InChI=1S/C9H13F6NO3S/c1-7(10,11)8(12,13)9(14,15)20(17,18)19-16-5-3-2-4-6-16/h2-6H2,1H3. The van der Waals surface area contributed by atoms with Gasteiger partial charge in [0.25, 0.3) is 0 Å². The van der Waals surface area contributed by atoms with Gasteiger partial charge in [-0.1, -0.05) is 6.42 Å². The fraction of sp³-hybridized carbons (Fsp3) is 1.00. The predicted molar refractivity (Wildman–Crippen MR) is 55.9 cm³/mol. The first-order valence-electron chi connectivity index (χ1n) is 5.65. The van der Waals surface area contributed by atoms with E-state index in [1.54, 1.807) is 0 Å². The average molecular weight is 329 g/mol. The van der Waals surface area contributed by atoms with Crippen molar-refractivity contribution in [2.45, 2.75) is 43.3 Å². The number of rotatable bonds is 5. The third-order valence-corrected chi connectivity index (χ3v) is 4.04. The van der Waals surface area contributed by atoms with Crippen LogP contribution in [0.2, 0.25) is 0 Å². The molecule has 0 aliphatic carbocycles. The molecule has 0 unspecified atom stereocenters. The number of hydrogen-bond acceptors (Lipinski definition) is 4. The van der Waals surface area contributed by atoms with Crippen LogP contribution in [-0.4, -0.2) is 43.7 Å². The summed E-state index contributed by atoms with van der Waals surface area (Å²) in [5.74, 6) is -11.3. The Bertz CT molecular complexity index is 441. The van der Waals surface area contributed by atoms with Gasteiger partial charge < -0.3 is 0 Å². The molecule has 4 nitrogen and oxygen atoms in total. The van der Waals surface area contributed by atoms with Gasteiger partial charge in [0.2, 0.25) is 0 Å². The van der Waals surface area contributed by atoms with E-state index in [0.717, 1.165) is 0 Å². The van der Waals surface area contributed by atoms with Gasteiger partial charge in [-0.2, -0.15) is 44.1 Å². The molecular formula is C9H13F6NO3S. The van der Waals surface area contributed by atoms with Crippen molar-refractivity contribution in [1.29, 1.82) is 0 Å². The molecule has 0 atom stereocenters. The lowest BCUT2D eigenvalue weighted by atomic mass is 10.2. The molecule has 1 saturated heterocycles. The molecule has 20 heavy (non-hydrogen) atoms. The second kappa shape index (κ2) is 5.34. The molecule has 0 saturated carbocycles. The first-order chi connectivity index (χ1) is 8.83. The Morgan fingerprint density at radius 3 is 1.80 bits per heavy atom. The van der Waals surface area contributed by atoms with Gasteiger partial charge >= 0.3 is 27.2 Å². The molecule has 1 fully saturated rings.